The quantitative estimate of drug-likeness (QED) is 0.256. The van der Waals surface area contributed by atoms with Crippen LogP contribution in [0.3, 0.4) is 0 Å². The summed E-state index contributed by atoms with van der Waals surface area (Å²) in [5.41, 5.74) is 0. The summed E-state index contributed by atoms with van der Waals surface area (Å²) in [7, 11) is 1.59. The lowest BCUT2D eigenvalue weighted by molar-refractivity contribution is -0.133. The Morgan fingerprint density at radius 3 is 2.86 bits per heavy atom. The second-order valence-corrected chi connectivity index (χ2v) is 8.28. The number of nitrogens with one attached hydrogen (secondary N) is 1. The van der Waals surface area contributed by atoms with E-state index in [1.165, 1.54) is 11.8 Å². The minimum Gasteiger partial charge on any atom is -0.383 e. The molecule has 2 rings (SSSR count). The van der Waals surface area contributed by atoms with Gasteiger partial charge in [0.05, 0.1) is 12.4 Å². The summed E-state index contributed by atoms with van der Waals surface area (Å²) in [6, 6.07) is 1.83. The Labute approximate surface area is 181 Å². The van der Waals surface area contributed by atoms with E-state index in [1.54, 1.807) is 13.2 Å². The van der Waals surface area contributed by atoms with E-state index in [-0.39, 0.29) is 23.6 Å². The van der Waals surface area contributed by atoms with Crippen molar-refractivity contribution in [2.45, 2.75) is 44.3 Å². The van der Waals surface area contributed by atoms with Gasteiger partial charge in [0.25, 0.3) is 0 Å². The first-order valence-electron chi connectivity index (χ1n) is 9.92. The van der Waals surface area contributed by atoms with Crippen molar-refractivity contribution in [3.63, 3.8) is 0 Å². The van der Waals surface area contributed by atoms with E-state index in [2.05, 4.69) is 34.0 Å². The van der Waals surface area contributed by atoms with E-state index in [4.69, 9.17) is 16.3 Å². The summed E-state index contributed by atoms with van der Waals surface area (Å²) in [5.74, 6) is 1.04. The predicted octanol–water partition coefficient (Wildman–Crippen LogP) is 2.21. The van der Waals surface area contributed by atoms with Crippen molar-refractivity contribution in [1.82, 2.24) is 20.2 Å². The molecule has 2 amide bonds. The van der Waals surface area contributed by atoms with Gasteiger partial charge in [-0.05, 0) is 13.3 Å². The SMILES string of the molecule is CCCCC(=O)N1CCN(c2cc(Cl)nc(SCC(=O)NCCOC)n2)CC1C. The standard InChI is InChI=1S/C19H30ClN5O3S/c1-4-5-6-18(27)25-9-8-24(12-14(25)2)16-11-15(20)22-19(23-16)29-13-17(26)21-7-10-28-3/h11,14H,4-10,12-13H2,1-3H3,(H,21,26). The molecule has 10 heteroatoms. The summed E-state index contributed by atoms with van der Waals surface area (Å²) in [4.78, 5) is 37.1. The Morgan fingerprint density at radius 1 is 1.38 bits per heavy atom. The van der Waals surface area contributed by atoms with E-state index in [9.17, 15) is 9.59 Å². The zero-order valence-corrected chi connectivity index (χ0v) is 18.9. The molecule has 0 radical (unpaired) electrons. The van der Waals surface area contributed by atoms with Crippen LogP contribution < -0.4 is 10.2 Å². The van der Waals surface area contributed by atoms with Gasteiger partial charge in [-0.2, -0.15) is 0 Å². The molecule has 2 heterocycles. The molecule has 0 aliphatic carbocycles. The monoisotopic (exact) mass is 443 g/mol. The third-order valence-electron chi connectivity index (χ3n) is 4.64. The zero-order chi connectivity index (χ0) is 21.2. The van der Waals surface area contributed by atoms with Crippen LogP contribution in [0.4, 0.5) is 5.82 Å². The van der Waals surface area contributed by atoms with E-state index < -0.39 is 0 Å². The first kappa shape index (κ1) is 23.7. The maximum atomic E-state index is 12.4. The van der Waals surface area contributed by atoms with Crippen molar-refractivity contribution in [3.05, 3.63) is 11.2 Å². The molecule has 0 bridgehead atoms. The lowest BCUT2D eigenvalue weighted by atomic mass is 10.1. The number of rotatable bonds is 10. The molecule has 0 aromatic carbocycles. The molecule has 0 saturated carbocycles. The molecule has 1 unspecified atom stereocenters. The van der Waals surface area contributed by atoms with Crippen LogP contribution in [-0.4, -0.2) is 78.4 Å². The third kappa shape index (κ3) is 7.64. The number of unbranched alkanes of at least 4 members (excludes halogenated alkanes) is 1. The van der Waals surface area contributed by atoms with Crippen LogP contribution in [0.2, 0.25) is 5.15 Å². The molecule has 1 N–H and O–H groups in total. The topological polar surface area (TPSA) is 87.7 Å². The van der Waals surface area contributed by atoms with Crippen molar-refractivity contribution >= 4 is 41.0 Å². The number of anilines is 1. The van der Waals surface area contributed by atoms with Gasteiger partial charge >= 0.3 is 0 Å². The lowest BCUT2D eigenvalue weighted by Crippen LogP contribution is -2.54. The van der Waals surface area contributed by atoms with Gasteiger partial charge in [0.15, 0.2) is 5.16 Å². The number of nitrogens with zero attached hydrogens (tertiary/aromatic N) is 4. The number of hydrogen-bond donors (Lipinski definition) is 1. The highest BCUT2D eigenvalue weighted by Gasteiger charge is 2.28. The van der Waals surface area contributed by atoms with Gasteiger partial charge in [-0.1, -0.05) is 36.7 Å². The molecule has 162 valence electrons. The highest BCUT2D eigenvalue weighted by Crippen LogP contribution is 2.24. The van der Waals surface area contributed by atoms with E-state index in [1.807, 2.05) is 4.90 Å². The fraction of sp³-hybridized carbons (Fsp3) is 0.684. The van der Waals surface area contributed by atoms with E-state index in [0.29, 0.717) is 49.5 Å². The van der Waals surface area contributed by atoms with E-state index in [0.717, 1.165) is 18.7 Å². The molecule has 1 saturated heterocycles. The maximum absolute atomic E-state index is 12.4. The first-order chi connectivity index (χ1) is 13.9. The molecule has 29 heavy (non-hydrogen) atoms. The predicted molar refractivity (Wildman–Crippen MR) is 116 cm³/mol. The van der Waals surface area contributed by atoms with Gasteiger partial charge in [-0.25, -0.2) is 9.97 Å². The van der Waals surface area contributed by atoms with Crippen molar-refractivity contribution < 1.29 is 14.3 Å². The van der Waals surface area contributed by atoms with Gasteiger partial charge in [-0.15, -0.1) is 0 Å². The van der Waals surface area contributed by atoms with Gasteiger partial charge in [0.1, 0.15) is 11.0 Å². The van der Waals surface area contributed by atoms with E-state index >= 15 is 0 Å². The molecule has 1 aliphatic heterocycles. The van der Waals surface area contributed by atoms with Gasteiger partial charge in [0.2, 0.25) is 11.8 Å². The number of carbonyl (C=O) groups is 2. The number of aromatic nitrogens is 2. The minimum absolute atomic E-state index is 0.101. The summed E-state index contributed by atoms with van der Waals surface area (Å²) in [6.45, 7) is 7.13. The summed E-state index contributed by atoms with van der Waals surface area (Å²) in [6.07, 6.45) is 2.55. The Morgan fingerprint density at radius 2 is 2.17 bits per heavy atom. The molecule has 1 aromatic heterocycles. The Balaban J connectivity index is 1.94. The number of thioether (sulfide) groups is 1. The number of piperazine rings is 1. The molecule has 1 atom stereocenters. The largest absolute Gasteiger partial charge is 0.383 e. The average Bonchev–Trinajstić information content (AvgIpc) is 2.70. The minimum atomic E-state index is -0.106. The second kappa shape index (κ2) is 12.2. The van der Waals surface area contributed by atoms with Crippen molar-refractivity contribution in [3.8, 4) is 0 Å². The average molecular weight is 444 g/mol. The number of halogens is 1. The maximum Gasteiger partial charge on any atom is 0.230 e. The van der Waals surface area contributed by atoms with Crippen molar-refractivity contribution in [2.75, 3.05) is 50.5 Å². The molecule has 1 aromatic rings. The summed E-state index contributed by atoms with van der Waals surface area (Å²) >= 11 is 7.43. The number of carbonyl (C=O) groups excluding carboxylic acids is 2. The fourth-order valence-corrected chi connectivity index (χ4v) is 4.00. The normalized spacial score (nSPS) is 16.8. The van der Waals surface area contributed by atoms with Crippen LogP contribution in [0.15, 0.2) is 11.2 Å². The molecule has 1 aliphatic rings. The highest BCUT2D eigenvalue weighted by atomic mass is 35.5. The van der Waals surface area contributed by atoms with Crippen LogP contribution in [0.25, 0.3) is 0 Å². The van der Waals surface area contributed by atoms with Crippen molar-refractivity contribution in [1.29, 1.82) is 0 Å². The Hall–Kier alpha value is -1.58. The third-order valence-corrected chi connectivity index (χ3v) is 5.68. The van der Waals surface area contributed by atoms with Gasteiger partial charge in [0, 0.05) is 51.8 Å². The van der Waals surface area contributed by atoms with Crippen LogP contribution in [0, 0.1) is 0 Å². The van der Waals surface area contributed by atoms with Crippen LogP contribution >= 0.6 is 23.4 Å². The second-order valence-electron chi connectivity index (χ2n) is 6.95. The number of hydrogen-bond acceptors (Lipinski definition) is 7. The van der Waals surface area contributed by atoms with Crippen LogP contribution in [0.5, 0.6) is 0 Å². The Kier molecular flexibility index (Phi) is 9.96. The molecule has 8 nitrogen and oxygen atoms in total. The lowest BCUT2D eigenvalue weighted by Gasteiger charge is -2.40. The number of ether oxygens (including phenoxy) is 1. The number of amides is 2. The summed E-state index contributed by atoms with van der Waals surface area (Å²) in [5, 5.41) is 3.56. The molecule has 0 spiro atoms. The van der Waals surface area contributed by atoms with Crippen LogP contribution in [0.1, 0.15) is 33.1 Å². The molecule has 1 fully saturated rings. The number of methoxy groups -OCH3 is 1. The first-order valence-corrected chi connectivity index (χ1v) is 11.3. The van der Waals surface area contributed by atoms with Gasteiger partial charge < -0.3 is 19.9 Å². The fourth-order valence-electron chi connectivity index (χ4n) is 3.09. The molecular weight excluding hydrogens is 414 g/mol. The van der Waals surface area contributed by atoms with Gasteiger partial charge in [-0.3, -0.25) is 9.59 Å². The zero-order valence-electron chi connectivity index (χ0n) is 17.3. The highest BCUT2D eigenvalue weighted by molar-refractivity contribution is 7.99. The summed E-state index contributed by atoms with van der Waals surface area (Å²) < 4.78 is 4.91. The van der Waals surface area contributed by atoms with Crippen LogP contribution in [-0.2, 0) is 14.3 Å². The smallest absolute Gasteiger partial charge is 0.230 e. The van der Waals surface area contributed by atoms with Crippen molar-refractivity contribution in [2.24, 2.45) is 0 Å². The Bertz CT molecular complexity index is 694. The molecular formula is C19H30ClN5O3S.